The summed E-state index contributed by atoms with van der Waals surface area (Å²) in [5.41, 5.74) is 1.30. The molecule has 1 aliphatic heterocycles. The molecule has 282 valence electrons. The van der Waals surface area contributed by atoms with Crippen LogP contribution in [0.5, 0.6) is 0 Å². The number of nitrogens with zero attached hydrogens (tertiary/aromatic N) is 1. The van der Waals surface area contributed by atoms with E-state index < -0.39 is 56.2 Å². The smallest absolute Gasteiger partial charge is 0.244 e. The van der Waals surface area contributed by atoms with Gasteiger partial charge in [0.15, 0.2) is 9.84 Å². The van der Waals surface area contributed by atoms with Gasteiger partial charge in [0, 0.05) is 30.6 Å². The summed E-state index contributed by atoms with van der Waals surface area (Å²) < 4.78 is 24.4. The molecule has 1 saturated carbocycles. The molecular weight excluding hydrogens is 667 g/mol. The first-order chi connectivity index (χ1) is 23.9. The van der Waals surface area contributed by atoms with Gasteiger partial charge in [0.05, 0.1) is 29.5 Å². The van der Waals surface area contributed by atoms with E-state index >= 15 is 0 Å². The lowest BCUT2D eigenvalue weighted by Gasteiger charge is -2.47. The Bertz CT molecular complexity index is 1560. The fraction of sp³-hybridized carbons (Fsp3) is 0.615. The monoisotopic (exact) mass is 725 g/mol. The number of hydrogen-bond donors (Lipinski definition) is 5. The van der Waals surface area contributed by atoms with Crippen molar-refractivity contribution in [3.8, 4) is 0 Å². The van der Waals surface area contributed by atoms with E-state index in [1.165, 1.54) is 13.8 Å². The largest absolute Gasteiger partial charge is 0.390 e. The molecule has 2 aliphatic rings. The number of hydrogen-bond acceptors (Lipinski definition) is 8. The number of carbonyl (C=O) groups excluding carboxylic acids is 3. The lowest BCUT2D eigenvalue weighted by Crippen LogP contribution is -2.64. The molecule has 1 heterocycles. The molecule has 51 heavy (non-hydrogen) atoms. The summed E-state index contributed by atoms with van der Waals surface area (Å²) in [6, 6.07) is 16.1. The van der Waals surface area contributed by atoms with E-state index in [9.17, 15) is 27.9 Å². The number of benzene rings is 2. The summed E-state index contributed by atoms with van der Waals surface area (Å²) >= 11 is 0. The second-order valence-electron chi connectivity index (χ2n) is 16.1. The average molecular weight is 726 g/mol. The molecule has 0 spiro atoms. The van der Waals surface area contributed by atoms with Crippen molar-refractivity contribution in [1.82, 2.24) is 20.9 Å². The quantitative estimate of drug-likeness (QED) is 0.186. The first kappa shape index (κ1) is 40.3. The molecule has 2 aromatic rings. The third kappa shape index (κ3) is 11.5. The topological polar surface area (TPSA) is 157 Å². The van der Waals surface area contributed by atoms with Crippen molar-refractivity contribution in [1.29, 1.82) is 0 Å². The van der Waals surface area contributed by atoms with Crippen LogP contribution in [-0.4, -0.2) is 96.6 Å². The Kier molecular flexibility index (Phi) is 13.7. The first-order valence-corrected chi connectivity index (χ1v) is 20.2. The molecular formula is C39H59N5O6S. The number of fused-ring (bicyclic) bond motifs is 1. The highest BCUT2D eigenvalue weighted by atomic mass is 32.2. The third-order valence-electron chi connectivity index (χ3n) is 10.5. The predicted molar refractivity (Wildman–Crippen MR) is 202 cm³/mol. The minimum Gasteiger partial charge on any atom is -0.390 e. The number of aliphatic hydroxyl groups excluding tert-OH is 1. The number of amides is 3. The van der Waals surface area contributed by atoms with Crippen LogP contribution in [-0.2, 0) is 30.6 Å². The molecule has 1 saturated heterocycles. The fourth-order valence-electron chi connectivity index (χ4n) is 7.31. The molecule has 1 aliphatic carbocycles. The van der Waals surface area contributed by atoms with E-state index in [1.54, 1.807) is 12.1 Å². The number of rotatable bonds is 15. The molecule has 5 N–H and O–H groups in total. The Hall–Kier alpha value is -3.48. The van der Waals surface area contributed by atoms with Crippen molar-refractivity contribution in [2.75, 3.05) is 31.2 Å². The molecule has 0 unspecified atom stereocenters. The highest BCUT2D eigenvalue weighted by Crippen LogP contribution is 2.39. The zero-order chi connectivity index (χ0) is 37.4. The maximum Gasteiger partial charge on any atom is 0.244 e. The van der Waals surface area contributed by atoms with E-state index in [2.05, 4.69) is 26.2 Å². The van der Waals surface area contributed by atoms with Crippen LogP contribution >= 0.6 is 0 Å². The number of sulfone groups is 1. The summed E-state index contributed by atoms with van der Waals surface area (Å²) in [7, 11) is -3.85. The van der Waals surface area contributed by atoms with E-state index in [0.29, 0.717) is 43.3 Å². The standard InChI is InChI=1S/C39H59N5O6S/c1-38(2,3)43-36(47)32-23-28-17-13-14-18-29(28)25-44(32)26-33(45)31(22-21-27-15-9-7-10-16-27)41-37(48)35(39(4,5)51(6,49)50)42-34(46)24-40-30-19-11-8-12-20-30/h7-12,15-16,19-20,28-29,31-33,35,40,45H,13-14,17-18,21-26H2,1-6H3,(H,41,48)(H,42,46)(H,43,47)/t28-,29+,31-,32-,33+,35+/m0/s1. The Morgan fingerprint density at radius 2 is 1.51 bits per heavy atom. The highest BCUT2D eigenvalue weighted by molar-refractivity contribution is 7.92. The summed E-state index contributed by atoms with van der Waals surface area (Å²) in [6.07, 6.45) is 6.06. The lowest BCUT2D eigenvalue weighted by atomic mass is 9.72. The average Bonchev–Trinajstić information content (AvgIpc) is 3.07. The Morgan fingerprint density at radius 1 is 0.902 bits per heavy atom. The van der Waals surface area contributed by atoms with Gasteiger partial charge >= 0.3 is 0 Å². The molecule has 0 bridgehead atoms. The number of anilines is 1. The molecule has 11 nitrogen and oxygen atoms in total. The van der Waals surface area contributed by atoms with Gasteiger partial charge in [-0.3, -0.25) is 19.3 Å². The summed E-state index contributed by atoms with van der Waals surface area (Å²) in [5, 5.41) is 23.7. The van der Waals surface area contributed by atoms with Crippen molar-refractivity contribution in [3.05, 3.63) is 66.2 Å². The number of likely N-dealkylation sites (tertiary alicyclic amines) is 1. The van der Waals surface area contributed by atoms with Gasteiger partial charge in [0.1, 0.15) is 6.04 Å². The zero-order valence-corrected chi connectivity index (χ0v) is 32.0. The van der Waals surface area contributed by atoms with E-state index in [-0.39, 0.29) is 19.0 Å². The van der Waals surface area contributed by atoms with Gasteiger partial charge in [-0.25, -0.2) is 8.42 Å². The maximum atomic E-state index is 14.2. The number of nitrogens with one attached hydrogen (secondary N) is 4. The maximum absolute atomic E-state index is 14.2. The van der Waals surface area contributed by atoms with Gasteiger partial charge in [0.2, 0.25) is 17.7 Å². The number of aryl methyl sites for hydroxylation is 1. The van der Waals surface area contributed by atoms with Gasteiger partial charge in [-0.1, -0.05) is 67.8 Å². The molecule has 2 aromatic carbocycles. The van der Waals surface area contributed by atoms with Crippen molar-refractivity contribution in [2.45, 2.75) is 114 Å². The van der Waals surface area contributed by atoms with E-state index in [1.807, 2.05) is 69.3 Å². The van der Waals surface area contributed by atoms with Gasteiger partial charge in [-0.15, -0.1) is 0 Å². The van der Waals surface area contributed by atoms with Gasteiger partial charge < -0.3 is 26.4 Å². The fourth-order valence-corrected chi connectivity index (χ4v) is 7.90. The first-order valence-electron chi connectivity index (χ1n) is 18.3. The SMILES string of the molecule is CC(C)(C)NC(=O)[C@@H]1C[C@@H]2CCCC[C@@H]2CN1C[C@@H](O)[C@H](CCc1ccccc1)NC(=O)[C@@H](NC(=O)CNc1ccccc1)C(C)(C)S(C)(=O)=O. The van der Waals surface area contributed by atoms with Crippen molar-refractivity contribution in [3.63, 3.8) is 0 Å². The van der Waals surface area contributed by atoms with Crippen LogP contribution in [0.2, 0.25) is 0 Å². The number of aliphatic hydroxyl groups is 1. The molecule has 3 amide bonds. The van der Waals surface area contributed by atoms with Crippen molar-refractivity contribution in [2.24, 2.45) is 11.8 Å². The van der Waals surface area contributed by atoms with Crippen LogP contribution in [0.1, 0.15) is 78.7 Å². The zero-order valence-electron chi connectivity index (χ0n) is 31.2. The van der Waals surface area contributed by atoms with Crippen LogP contribution in [0.4, 0.5) is 5.69 Å². The highest BCUT2D eigenvalue weighted by Gasteiger charge is 2.46. The summed E-state index contributed by atoms with van der Waals surface area (Å²) in [4.78, 5) is 43.1. The lowest BCUT2D eigenvalue weighted by molar-refractivity contribution is -0.133. The molecule has 4 rings (SSSR count). The van der Waals surface area contributed by atoms with E-state index in [0.717, 1.165) is 37.5 Å². The molecule has 6 atom stereocenters. The third-order valence-corrected chi connectivity index (χ3v) is 12.7. The minimum absolute atomic E-state index is 0.0645. The van der Waals surface area contributed by atoms with Crippen molar-refractivity contribution < 1.29 is 27.9 Å². The summed E-state index contributed by atoms with van der Waals surface area (Å²) in [5.74, 6) is -0.439. The van der Waals surface area contributed by atoms with Crippen LogP contribution in [0, 0.1) is 11.8 Å². The summed E-state index contributed by atoms with van der Waals surface area (Å²) in [6.45, 7) is 9.35. The Balaban J connectivity index is 1.58. The number of piperidine rings is 1. The van der Waals surface area contributed by atoms with Gasteiger partial charge in [-0.2, -0.15) is 0 Å². The normalized spacial score (nSPS) is 21.7. The molecule has 12 heteroatoms. The van der Waals surface area contributed by atoms with Gasteiger partial charge in [0.25, 0.3) is 0 Å². The predicted octanol–water partition coefficient (Wildman–Crippen LogP) is 3.68. The Labute approximate surface area is 304 Å². The molecule has 0 radical (unpaired) electrons. The second-order valence-corrected chi connectivity index (χ2v) is 18.6. The minimum atomic E-state index is -3.85. The van der Waals surface area contributed by atoms with Crippen LogP contribution in [0.25, 0.3) is 0 Å². The number of β-amino-alcohol motifs (C(OH)–C–C–N with tert-alkyl or cyclic N) is 1. The number of para-hydroxylation sites is 1. The van der Waals surface area contributed by atoms with Crippen molar-refractivity contribution >= 4 is 33.2 Å². The van der Waals surface area contributed by atoms with Crippen LogP contribution in [0.15, 0.2) is 60.7 Å². The van der Waals surface area contributed by atoms with Gasteiger partial charge in [-0.05, 0) is 89.8 Å². The van der Waals surface area contributed by atoms with E-state index in [4.69, 9.17) is 0 Å². The van der Waals surface area contributed by atoms with Crippen LogP contribution in [0.3, 0.4) is 0 Å². The number of carbonyl (C=O) groups is 3. The molecule has 2 fully saturated rings. The van der Waals surface area contributed by atoms with Crippen LogP contribution < -0.4 is 21.3 Å². The second kappa shape index (κ2) is 17.4. The Morgan fingerprint density at radius 3 is 2.12 bits per heavy atom. The molecule has 0 aromatic heterocycles.